The molecule has 3 aromatic rings. The molecule has 1 amide bonds. The number of amides is 1. The van der Waals surface area contributed by atoms with E-state index in [2.05, 4.69) is 10.3 Å². The van der Waals surface area contributed by atoms with Crippen molar-refractivity contribution in [2.75, 3.05) is 5.32 Å². The van der Waals surface area contributed by atoms with Crippen LogP contribution < -0.4 is 10.9 Å². The summed E-state index contributed by atoms with van der Waals surface area (Å²) in [4.78, 5) is 29.6. The van der Waals surface area contributed by atoms with Crippen LogP contribution in [-0.4, -0.2) is 20.7 Å². The average Bonchev–Trinajstić information content (AvgIpc) is 3.03. The van der Waals surface area contributed by atoms with Crippen molar-refractivity contribution >= 4 is 44.9 Å². The van der Waals surface area contributed by atoms with Gasteiger partial charge in [0.1, 0.15) is 10.6 Å². The van der Waals surface area contributed by atoms with E-state index in [4.69, 9.17) is 0 Å². The van der Waals surface area contributed by atoms with E-state index in [1.165, 1.54) is 28.0 Å². The average molecular weight is 363 g/mol. The van der Waals surface area contributed by atoms with E-state index in [1.807, 2.05) is 5.38 Å². The third-order valence-corrected chi connectivity index (χ3v) is 5.40. The van der Waals surface area contributed by atoms with Gasteiger partial charge in [-0.05, 0) is 30.5 Å². The summed E-state index contributed by atoms with van der Waals surface area (Å²) in [7, 11) is 1.62. The summed E-state index contributed by atoms with van der Waals surface area (Å²) in [5, 5.41) is 4.83. The van der Waals surface area contributed by atoms with Gasteiger partial charge in [0.25, 0.3) is 5.56 Å². The fourth-order valence-corrected chi connectivity index (χ4v) is 3.77. The minimum atomic E-state index is -0.542. The number of halogens is 1. The number of carbonyl (C=O) groups excluding carboxylic acids is 1. The lowest BCUT2D eigenvalue weighted by Gasteiger charge is -2.13. The number of aromatic nitrogens is 2. The Labute approximate surface area is 145 Å². The molecule has 0 fully saturated rings. The number of nitrogens with one attached hydrogen (secondary N) is 1. The van der Waals surface area contributed by atoms with Crippen molar-refractivity contribution in [1.82, 2.24) is 9.55 Å². The summed E-state index contributed by atoms with van der Waals surface area (Å²) < 4.78 is 15.0. The van der Waals surface area contributed by atoms with Crippen LogP contribution in [0.3, 0.4) is 0 Å². The first kappa shape index (κ1) is 16.7. The number of nitrogens with zero attached hydrogens (tertiary/aromatic N) is 2. The quantitative estimate of drug-likeness (QED) is 0.571. The van der Waals surface area contributed by atoms with E-state index < -0.39 is 11.1 Å². The zero-order valence-corrected chi connectivity index (χ0v) is 14.6. The first-order chi connectivity index (χ1) is 11.5. The molecule has 1 aromatic carbocycles. The van der Waals surface area contributed by atoms with Crippen LogP contribution >= 0.6 is 23.1 Å². The number of fused-ring (bicyclic) bond motifs is 1. The highest BCUT2D eigenvalue weighted by molar-refractivity contribution is 8.00. The molecule has 24 heavy (non-hydrogen) atoms. The second-order valence-corrected chi connectivity index (χ2v) is 7.33. The number of anilines is 1. The number of hydrogen-bond acceptors (Lipinski definition) is 5. The third-order valence-electron chi connectivity index (χ3n) is 3.45. The Morgan fingerprint density at radius 3 is 2.88 bits per heavy atom. The summed E-state index contributed by atoms with van der Waals surface area (Å²) in [5.74, 6) is -0.848. The standard InChI is InChI=1S/C16H14FN3O2S2/c1-9(13(21)18-12-6-4-3-5-11(12)17)24-16-19-14-10(7-8-23-14)15(22)20(16)2/h3-9H,1-2H3,(H,18,21). The molecule has 8 heteroatoms. The van der Waals surface area contributed by atoms with E-state index in [9.17, 15) is 14.0 Å². The number of thiophene rings is 1. The molecule has 0 saturated heterocycles. The normalized spacial score (nSPS) is 12.3. The van der Waals surface area contributed by atoms with Gasteiger partial charge in [-0.25, -0.2) is 9.37 Å². The van der Waals surface area contributed by atoms with Gasteiger partial charge in [0.15, 0.2) is 5.16 Å². The first-order valence-corrected chi connectivity index (χ1v) is 8.89. The highest BCUT2D eigenvalue weighted by Crippen LogP contribution is 2.25. The van der Waals surface area contributed by atoms with Crippen molar-refractivity contribution in [3.8, 4) is 0 Å². The molecule has 0 saturated carbocycles. The van der Waals surface area contributed by atoms with Gasteiger partial charge in [0.2, 0.25) is 5.91 Å². The molecule has 0 bridgehead atoms. The van der Waals surface area contributed by atoms with E-state index in [-0.39, 0.29) is 17.2 Å². The Balaban J connectivity index is 1.80. The molecule has 2 heterocycles. The van der Waals surface area contributed by atoms with E-state index in [0.717, 1.165) is 11.8 Å². The van der Waals surface area contributed by atoms with Gasteiger partial charge in [-0.15, -0.1) is 11.3 Å². The van der Waals surface area contributed by atoms with Gasteiger partial charge in [-0.3, -0.25) is 14.2 Å². The van der Waals surface area contributed by atoms with Gasteiger partial charge >= 0.3 is 0 Å². The Bertz CT molecular complexity index is 967. The van der Waals surface area contributed by atoms with Crippen LogP contribution in [0.2, 0.25) is 0 Å². The molecular weight excluding hydrogens is 349 g/mol. The summed E-state index contributed by atoms with van der Waals surface area (Å²) >= 11 is 2.54. The van der Waals surface area contributed by atoms with Crippen molar-refractivity contribution < 1.29 is 9.18 Å². The number of hydrogen-bond donors (Lipinski definition) is 1. The monoisotopic (exact) mass is 363 g/mol. The second-order valence-electron chi connectivity index (χ2n) is 5.13. The SMILES string of the molecule is CC(Sc1nc2sccc2c(=O)n1C)C(=O)Nc1ccccc1F. The van der Waals surface area contributed by atoms with E-state index in [1.54, 1.807) is 32.2 Å². The van der Waals surface area contributed by atoms with Crippen molar-refractivity contribution in [2.24, 2.45) is 7.05 Å². The lowest BCUT2D eigenvalue weighted by molar-refractivity contribution is -0.115. The minimum Gasteiger partial charge on any atom is -0.323 e. The summed E-state index contributed by atoms with van der Waals surface area (Å²) in [5.41, 5.74) is -0.0176. The van der Waals surface area contributed by atoms with Gasteiger partial charge in [0.05, 0.1) is 16.3 Å². The van der Waals surface area contributed by atoms with E-state index in [0.29, 0.717) is 15.4 Å². The van der Waals surface area contributed by atoms with E-state index >= 15 is 0 Å². The van der Waals surface area contributed by atoms with Crippen LogP contribution in [0.1, 0.15) is 6.92 Å². The molecule has 5 nitrogen and oxygen atoms in total. The number of thioether (sulfide) groups is 1. The lowest BCUT2D eigenvalue weighted by Crippen LogP contribution is -2.25. The van der Waals surface area contributed by atoms with Crippen LogP contribution in [-0.2, 0) is 11.8 Å². The molecule has 1 N–H and O–H groups in total. The predicted molar refractivity (Wildman–Crippen MR) is 95.2 cm³/mol. The van der Waals surface area contributed by atoms with Crippen molar-refractivity contribution in [3.05, 3.63) is 51.9 Å². The zero-order valence-electron chi connectivity index (χ0n) is 12.9. The lowest BCUT2D eigenvalue weighted by atomic mass is 10.3. The topological polar surface area (TPSA) is 64.0 Å². The molecule has 3 rings (SSSR count). The number of benzene rings is 1. The van der Waals surface area contributed by atoms with Crippen LogP contribution in [0.4, 0.5) is 10.1 Å². The fraction of sp³-hybridized carbons (Fsp3) is 0.188. The molecule has 0 aliphatic heterocycles. The van der Waals surface area contributed by atoms with Crippen molar-refractivity contribution in [2.45, 2.75) is 17.3 Å². The number of carbonyl (C=O) groups is 1. The van der Waals surface area contributed by atoms with Crippen molar-refractivity contribution in [1.29, 1.82) is 0 Å². The van der Waals surface area contributed by atoms with Crippen LogP contribution in [0.15, 0.2) is 45.7 Å². The highest BCUT2D eigenvalue weighted by atomic mass is 32.2. The first-order valence-electron chi connectivity index (χ1n) is 7.13. The summed E-state index contributed by atoms with van der Waals surface area (Å²) in [6.45, 7) is 1.69. The molecule has 0 aliphatic rings. The maximum absolute atomic E-state index is 13.6. The summed E-state index contributed by atoms with van der Waals surface area (Å²) in [6.07, 6.45) is 0. The second kappa shape index (κ2) is 6.74. The molecule has 0 spiro atoms. The largest absolute Gasteiger partial charge is 0.323 e. The van der Waals surface area contributed by atoms with Crippen molar-refractivity contribution in [3.63, 3.8) is 0 Å². The Morgan fingerprint density at radius 2 is 2.12 bits per heavy atom. The third kappa shape index (κ3) is 3.20. The smallest absolute Gasteiger partial charge is 0.262 e. The van der Waals surface area contributed by atoms with Crippen LogP contribution in [0.5, 0.6) is 0 Å². The Morgan fingerprint density at radius 1 is 1.38 bits per heavy atom. The zero-order chi connectivity index (χ0) is 17.3. The minimum absolute atomic E-state index is 0.130. The maximum atomic E-state index is 13.6. The number of para-hydroxylation sites is 1. The van der Waals surface area contributed by atoms with Crippen LogP contribution in [0.25, 0.3) is 10.2 Å². The van der Waals surface area contributed by atoms with Gasteiger partial charge in [0, 0.05) is 7.05 Å². The molecule has 2 aromatic heterocycles. The molecule has 0 aliphatic carbocycles. The van der Waals surface area contributed by atoms with Crippen LogP contribution in [0, 0.1) is 5.82 Å². The summed E-state index contributed by atoms with van der Waals surface area (Å²) in [6, 6.07) is 7.71. The molecule has 124 valence electrons. The maximum Gasteiger partial charge on any atom is 0.262 e. The van der Waals surface area contributed by atoms with Gasteiger partial charge in [-0.1, -0.05) is 23.9 Å². The molecular formula is C16H14FN3O2S2. The van der Waals surface area contributed by atoms with Gasteiger partial charge in [-0.2, -0.15) is 0 Å². The highest BCUT2D eigenvalue weighted by Gasteiger charge is 2.19. The van der Waals surface area contributed by atoms with Gasteiger partial charge < -0.3 is 5.32 Å². The number of rotatable bonds is 4. The fourth-order valence-electron chi connectivity index (χ4n) is 2.09. The molecule has 0 radical (unpaired) electrons. The predicted octanol–water partition coefficient (Wildman–Crippen LogP) is 3.25. The Hall–Kier alpha value is -2.19. The Kier molecular flexibility index (Phi) is 4.68. The molecule has 1 unspecified atom stereocenters. The molecule has 1 atom stereocenters.